The van der Waals surface area contributed by atoms with Crippen LogP contribution in [0.25, 0.3) is 0 Å². The Morgan fingerprint density at radius 1 is 1.40 bits per heavy atom. The summed E-state index contributed by atoms with van der Waals surface area (Å²) in [7, 11) is 0. The molecule has 0 heterocycles. The third-order valence-electron chi connectivity index (χ3n) is 2.48. The number of nitrogens with one attached hydrogen (secondary N) is 1. The predicted octanol–water partition coefficient (Wildman–Crippen LogP) is 1.83. The number of nitrogens with zero attached hydrogens (tertiary/aromatic N) is 1. The van der Waals surface area contributed by atoms with Gasteiger partial charge in [0.05, 0.1) is 0 Å². The van der Waals surface area contributed by atoms with Crippen LogP contribution >= 0.6 is 0 Å². The van der Waals surface area contributed by atoms with E-state index in [-0.39, 0.29) is 6.04 Å². The van der Waals surface area contributed by atoms with Gasteiger partial charge in [-0.1, -0.05) is 6.07 Å². The zero-order valence-corrected chi connectivity index (χ0v) is 12.6. The molecule has 0 bridgehead atoms. The Hall–Kier alpha value is -2.04. The van der Waals surface area contributed by atoms with Crippen molar-refractivity contribution in [3.05, 3.63) is 35.0 Å². The number of carbonyl (C=O) groups excluding carboxylic acids is 1. The van der Waals surface area contributed by atoms with Gasteiger partial charge in [-0.2, -0.15) is 0 Å². The summed E-state index contributed by atoms with van der Waals surface area (Å²) in [6, 6.07) is 7.08. The van der Waals surface area contributed by atoms with Gasteiger partial charge >= 0.3 is 6.09 Å². The Morgan fingerprint density at radius 3 is 2.55 bits per heavy atom. The number of benzene rings is 1. The quantitative estimate of drug-likeness (QED) is 0.521. The van der Waals surface area contributed by atoms with E-state index in [0.717, 1.165) is 0 Å². The van der Waals surface area contributed by atoms with Crippen LogP contribution in [0.3, 0.4) is 0 Å². The molecule has 0 aromatic heterocycles. The Morgan fingerprint density at radius 2 is 2.05 bits per heavy atom. The largest absolute Gasteiger partial charge is 0.625 e. The minimum atomic E-state index is -0.551. The molecule has 20 heavy (non-hydrogen) atoms. The van der Waals surface area contributed by atoms with Crippen LogP contribution in [0.4, 0.5) is 10.5 Å². The van der Waals surface area contributed by atoms with Crippen molar-refractivity contribution in [2.24, 2.45) is 0 Å². The fraction of sp³-hybridized carbons (Fsp3) is 0.467. The van der Waals surface area contributed by atoms with Crippen molar-refractivity contribution >= 4 is 18.0 Å². The molecule has 1 amide bonds. The molecule has 5 heteroatoms. The topological polar surface area (TPSA) is 66.6 Å². The molecule has 0 aliphatic rings. The van der Waals surface area contributed by atoms with Gasteiger partial charge in [0.25, 0.3) is 0 Å². The average Bonchev–Trinajstić information content (AvgIpc) is 2.26. The fourth-order valence-corrected chi connectivity index (χ4v) is 1.76. The number of carbonyl (C=O) groups is 1. The van der Waals surface area contributed by atoms with E-state index in [0.29, 0.717) is 11.3 Å². The first kappa shape index (κ1) is 16.0. The van der Waals surface area contributed by atoms with Gasteiger partial charge in [0, 0.05) is 17.3 Å². The lowest BCUT2D eigenvalue weighted by Crippen LogP contribution is -2.60. The van der Waals surface area contributed by atoms with Crippen molar-refractivity contribution in [1.82, 2.24) is 0 Å². The van der Waals surface area contributed by atoms with Gasteiger partial charge in [-0.05, 0) is 52.8 Å². The second-order valence-electron chi connectivity index (χ2n) is 5.80. The lowest BCUT2D eigenvalue weighted by atomic mass is 10.1. The van der Waals surface area contributed by atoms with Gasteiger partial charge < -0.3 is 9.94 Å². The van der Waals surface area contributed by atoms with Crippen molar-refractivity contribution in [2.75, 3.05) is 4.90 Å². The van der Waals surface area contributed by atoms with Gasteiger partial charge in [0.2, 0.25) is 0 Å². The molecule has 1 aromatic rings. The van der Waals surface area contributed by atoms with Gasteiger partial charge in [-0.3, -0.25) is 4.90 Å². The number of amides is 1. The molecule has 0 saturated heterocycles. The monoisotopic (exact) mass is 278 g/mol. The van der Waals surface area contributed by atoms with Gasteiger partial charge in [-0.25, -0.2) is 9.95 Å². The van der Waals surface area contributed by atoms with E-state index in [1.807, 2.05) is 40.7 Å². The standard InChI is InChI=1S/C15H22N2O3/c1-11(2)17(14(18)20-15(3,4)5)13-8-6-7-12(9-13)10-16-19/h6-11,16H,1-5H3. The molecule has 0 unspecified atom stereocenters. The van der Waals surface area contributed by atoms with E-state index >= 15 is 0 Å². The van der Waals surface area contributed by atoms with Gasteiger partial charge in [-0.15, -0.1) is 0 Å². The van der Waals surface area contributed by atoms with Crippen molar-refractivity contribution in [2.45, 2.75) is 46.3 Å². The molecule has 5 nitrogen and oxygen atoms in total. The summed E-state index contributed by atoms with van der Waals surface area (Å²) in [5.74, 6) is 0. The molecule has 0 radical (unpaired) electrons. The summed E-state index contributed by atoms with van der Waals surface area (Å²) in [5.41, 5.74) is 0.842. The number of ether oxygens (including phenoxy) is 1. The zero-order valence-electron chi connectivity index (χ0n) is 12.6. The van der Waals surface area contributed by atoms with Crippen LogP contribution in [-0.4, -0.2) is 24.0 Å². The van der Waals surface area contributed by atoms with Crippen LogP contribution in [-0.2, 0) is 4.74 Å². The fourth-order valence-electron chi connectivity index (χ4n) is 1.76. The minimum absolute atomic E-state index is 0.0553. The summed E-state index contributed by atoms with van der Waals surface area (Å²) >= 11 is 0. The van der Waals surface area contributed by atoms with Gasteiger partial charge in [0.15, 0.2) is 6.21 Å². The highest BCUT2D eigenvalue weighted by atomic mass is 16.6. The number of hydrogen-bond acceptors (Lipinski definition) is 3. The SMILES string of the molecule is CC(C)N(C(=O)OC(C)(C)C)c1cccc(C=[NH+][O-])c1. The molecule has 1 aromatic carbocycles. The Labute approximate surface area is 119 Å². The molecule has 0 spiro atoms. The molecule has 1 N–H and O–H groups in total. The van der Waals surface area contributed by atoms with Crippen LogP contribution in [0.15, 0.2) is 24.3 Å². The lowest BCUT2D eigenvalue weighted by molar-refractivity contribution is -0.366. The summed E-state index contributed by atoms with van der Waals surface area (Å²) < 4.78 is 5.41. The maximum Gasteiger partial charge on any atom is 0.415 e. The first-order valence-corrected chi connectivity index (χ1v) is 6.58. The lowest BCUT2D eigenvalue weighted by Gasteiger charge is -2.30. The summed E-state index contributed by atoms with van der Waals surface area (Å²) in [4.78, 5) is 13.8. The van der Waals surface area contributed by atoms with Crippen LogP contribution in [0.2, 0.25) is 0 Å². The molecule has 110 valence electrons. The maximum atomic E-state index is 12.3. The number of hydrogen-bond donors (Lipinski definition) is 1. The van der Waals surface area contributed by atoms with Crippen molar-refractivity contribution < 1.29 is 14.7 Å². The molecule has 0 atom stereocenters. The number of rotatable bonds is 3. The normalized spacial score (nSPS) is 11.9. The minimum Gasteiger partial charge on any atom is -0.625 e. The van der Waals surface area contributed by atoms with E-state index in [1.54, 1.807) is 28.3 Å². The summed E-state index contributed by atoms with van der Waals surface area (Å²) in [5, 5.41) is 12.2. The molecular weight excluding hydrogens is 256 g/mol. The first-order chi connectivity index (χ1) is 9.24. The van der Waals surface area contributed by atoms with E-state index in [1.165, 1.54) is 6.21 Å². The van der Waals surface area contributed by atoms with Crippen LogP contribution in [0.1, 0.15) is 40.2 Å². The highest BCUT2D eigenvalue weighted by molar-refractivity contribution is 5.90. The van der Waals surface area contributed by atoms with Crippen LogP contribution < -0.4 is 10.1 Å². The third-order valence-corrected chi connectivity index (χ3v) is 2.48. The zero-order chi connectivity index (χ0) is 15.3. The second-order valence-corrected chi connectivity index (χ2v) is 5.80. The average molecular weight is 278 g/mol. The first-order valence-electron chi connectivity index (χ1n) is 6.58. The van der Waals surface area contributed by atoms with Crippen LogP contribution in [0, 0.1) is 5.21 Å². The molecule has 0 saturated carbocycles. The molecule has 0 aliphatic carbocycles. The van der Waals surface area contributed by atoms with Crippen molar-refractivity contribution in [3.63, 3.8) is 0 Å². The van der Waals surface area contributed by atoms with Crippen molar-refractivity contribution in [1.29, 1.82) is 0 Å². The van der Waals surface area contributed by atoms with Crippen molar-refractivity contribution in [3.8, 4) is 0 Å². The smallest absolute Gasteiger partial charge is 0.415 e. The second kappa shape index (κ2) is 6.41. The molecular formula is C15H22N2O3. The Bertz CT molecular complexity index is 490. The van der Waals surface area contributed by atoms with Gasteiger partial charge in [0.1, 0.15) is 5.60 Å². The maximum absolute atomic E-state index is 12.3. The highest BCUT2D eigenvalue weighted by Crippen LogP contribution is 2.21. The summed E-state index contributed by atoms with van der Waals surface area (Å²) in [6.07, 6.45) is 0.927. The number of anilines is 1. The van der Waals surface area contributed by atoms with E-state index in [4.69, 9.17) is 4.74 Å². The Kier molecular flexibility index (Phi) is 5.13. The Balaban J connectivity index is 3.08. The molecule has 1 rings (SSSR count). The van der Waals surface area contributed by atoms with E-state index < -0.39 is 11.7 Å². The predicted molar refractivity (Wildman–Crippen MR) is 79.8 cm³/mol. The van der Waals surface area contributed by atoms with E-state index in [9.17, 15) is 10.0 Å². The molecule has 0 aliphatic heterocycles. The van der Waals surface area contributed by atoms with E-state index in [2.05, 4.69) is 0 Å². The highest BCUT2D eigenvalue weighted by Gasteiger charge is 2.25. The van der Waals surface area contributed by atoms with Crippen LogP contribution in [0.5, 0.6) is 0 Å². The molecule has 0 fully saturated rings. The third kappa shape index (κ3) is 4.57. The summed E-state index contributed by atoms with van der Waals surface area (Å²) in [6.45, 7) is 9.30.